The van der Waals surface area contributed by atoms with Crippen LogP contribution in [0.4, 0.5) is 4.79 Å². The molecule has 5 heteroatoms. The molecule has 16 heavy (non-hydrogen) atoms. The highest BCUT2D eigenvalue weighted by atomic mass is 79.9. The second-order valence-electron chi connectivity index (χ2n) is 3.55. The van der Waals surface area contributed by atoms with Crippen LogP contribution in [-0.2, 0) is 11.2 Å². The number of carbonyl (C=O) groups is 2. The highest BCUT2D eigenvalue weighted by molar-refractivity contribution is 9.10. The molecule has 1 aromatic rings. The molecule has 0 radical (unpaired) electrons. The van der Waals surface area contributed by atoms with E-state index in [9.17, 15) is 9.59 Å². The van der Waals surface area contributed by atoms with E-state index in [1.807, 2.05) is 24.3 Å². The van der Waals surface area contributed by atoms with Crippen molar-refractivity contribution in [1.29, 1.82) is 0 Å². The summed E-state index contributed by atoms with van der Waals surface area (Å²) < 4.78 is 1.00. The molecule has 0 unspecified atom stereocenters. The maximum absolute atomic E-state index is 11.3. The zero-order chi connectivity index (χ0) is 11.5. The number of urea groups is 1. The van der Waals surface area contributed by atoms with Crippen molar-refractivity contribution in [2.75, 3.05) is 13.1 Å². The minimum atomic E-state index is -0.294. The molecule has 1 aromatic carbocycles. The standard InChI is InChI=1S/C11H11BrN2O2/c12-9-4-2-1-3-8(9)5-6-14-10(15)7-13-11(14)16/h1-4H,5-7H2,(H,13,16). The van der Waals surface area contributed by atoms with Crippen molar-refractivity contribution in [1.82, 2.24) is 10.2 Å². The van der Waals surface area contributed by atoms with E-state index in [1.165, 1.54) is 4.90 Å². The Hall–Kier alpha value is -1.36. The van der Waals surface area contributed by atoms with Crippen LogP contribution in [0.5, 0.6) is 0 Å². The Morgan fingerprint density at radius 3 is 2.69 bits per heavy atom. The molecular weight excluding hydrogens is 272 g/mol. The zero-order valence-electron chi connectivity index (χ0n) is 8.57. The third kappa shape index (κ3) is 2.24. The van der Waals surface area contributed by atoms with Gasteiger partial charge in [0, 0.05) is 11.0 Å². The van der Waals surface area contributed by atoms with Crippen LogP contribution in [0.25, 0.3) is 0 Å². The molecule has 1 aliphatic heterocycles. The number of amides is 3. The van der Waals surface area contributed by atoms with E-state index in [0.717, 1.165) is 10.0 Å². The Morgan fingerprint density at radius 1 is 1.31 bits per heavy atom. The van der Waals surface area contributed by atoms with Gasteiger partial charge >= 0.3 is 6.03 Å². The van der Waals surface area contributed by atoms with Crippen molar-refractivity contribution < 1.29 is 9.59 Å². The van der Waals surface area contributed by atoms with E-state index in [2.05, 4.69) is 21.2 Å². The van der Waals surface area contributed by atoms with Gasteiger partial charge in [-0.05, 0) is 18.1 Å². The number of carbonyl (C=O) groups excluding carboxylic acids is 2. The van der Waals surface area contributed by atoms with Gasteiger partial charge in [-0.15, -0.1) is 0 Å². The molecule has 0 aromatic heterocycles. The fraction of sp³-hybridized carbons (Fsp3) is 0.273. The average Bonchev–Trinajstić information content (AvgIpc) is 2.58. The van der Waals surface area contributed by atoms with Gasteiger partial charge in [0.1, 0.15) is 0 Å². The van der Waals surface area contributed by atoms with Crippen molar-refractivity contribution in [3.8, 4) is 0 Å². The Labute approximate surface area is 102 Å². The molecule has 1 fully saturated rings. The maximum Gasteiger partial charge on any atom is 0.324 e. The second kappa shape index (κ2) is 4.65. The lowest BCUT2D eigenvalue weighted by molar-refractivity contribution is -0.124. The number of nitrogens with one attached hydrogen (secondary N) is 1. The normalized spacial score (nSPS) is 15.4. The molecule has 1 saturated heterocycles. The van der Waals surface area contributed by atoms with Crippen LogP contribution in [0, 0.1) is 0 Å². The molecule has 84 valence electrons. The molecule has 1 N–H and O–H groups in total. The van der Waals surface area contributed by atoms with Crippen LogP contribution in [0.2, 0.25) is 0 Å². The van der Waals surface area contributed by atoms with Crippen molar-refractivity contribution in [2.45, 2.75) is 6.42 Å². The van der Waals surface area contributed by atoms with E-state index in [-0.39, 0.29) is 18.5 Å². The fourth-order valence-electron chi connectivity index (χ4n) is 1.61. The summed E-state index contributed by atoms with van der Waals surface area (Å²) in [5, 5.41) is 2.50. The van der Waals surface area contributed by atoms with Crippen LogP contribution in [0.1, 0.15) is 5.56 Å². The lowest BCUT2D eigenvalue weighted by Gasteiger charge is -2.12. The Bertz CT molecular complexity index is 418. The number of halogens is 1. The summed E-state index contributed by atoms with van der Waals surface area (Å²) in [6.07, 6.45) is 0.667. The van der Waals surface area contributed by atoms with E-state index in [4.69, 9.17) is 0 Å². The molecular formula is C11H11BrN2O2. The zero-order valence-corrected chi connectivity index (χ0v) is 10.2. The van der Waals surface area contributed by atoms with E-state index < -0.39 is 0 Å². The first kappa shape index (κ1) is 11.1. The molecule has 0 atom stereocenters. The summed E-state index contributed by atoms with van der Waals surface area (Å²) in [7, 11) is 0. The third-order valence-corrected chi connectivity index (χ3v) is 3.27. The number of hydrogen-bond acceptors (Lipinski definition) is 2. The summed E-state index contributed by atoms with van der Waals surface area (Å²) in [5.41, 5.74) is 1.09. The van der Waals surface area contributed by atoms with Crippen molar-refractivity contribution in [2.24, 2.45) is 0 Å². The van der Waals surface area contributed by atoms with Gasteiger partial charge in [0.05, 0.1) is 6.54 Å². The SMILES string of the molecule is O=C1CNC(=O)N1CCc1ccccc1Br. The Morgan fingerprint density at radius 2 is 2.06 bits per heavy atom. The second-order valence-corrected chi connectivity index (χ2v) is 4.40. The van der Waals surface area contributed by atoms with Gasteiger partial charge in [0.15, 0.2) is 0 Å². The third-order valence-electron chi connectivity index (χ3n) is 2.50. The Balaban J connectivity index is 2.00. The van der Waals surface area contributed by atoms with Gasteiger partial charge in [0.25, 0.3) is 0 Å². The number of imide groups is 1. The topological polar surface area (TPSA) is 49.4 Å². The van der Waals surface area contributed by atoms with Crippen LogP contribution >= 0.6 is 15.9 Å². The number of rotatable bonds is 3. The summed E-state index contributed by atoms with van der Waals surface area (Å²) in [6, 6.07) is 7.49. The first-order valence-electron chi connectivity index (χ1n) is 5.00. The molecule has 4 nitrogen and oxygen atoms in total. The van der Waals surface area contributed by atoms with Gasteiger partial charge in [-0.1, -0.05) is 34.1 Å². The van der Waals surface area contributed by atoms with Crippen LogP contribution in [-0.4, -0.2) is 29.9 Å². The van der Waals surface area contributed by atoms with Gasteiger partial charge in [-0.25, -0.2) is 4.79 Å². The highest BCUT2D eigenvalue weighted by Gasteiger charge is 2.27. The number of benzene rings is 1. The summed E-state index contributed by atoms with van der Waals surface area (Å²) >= 11 is 3.43. The van der Waals surface area contributed by atoms with Crippen molar-refractivity contribution in [3.05, 3.63) is 34.3 Å². The quantitative estimate of drug-likeness (QED) is 0.855. The first-order chi connectivity index (χ1) is 7.68. The van der Waals surface area contributed by atoms with Crippen LogP contribution in [0.15, 0.2) is 28.7 Å². The lowest BCUT2D eigenvalue weighted by Crippen LogP contribution is -2.32. The van der Waals surface area contributed by atoms with Crippen LogP contribution < -0.4 is 5.32 Å². The average molecular weight is 283 g/mol. The molecule has 3 amide bonds. The van der Waals surface area contributed by atoms with E-state index in [0.29, 0.717) is 13.0 Å². The van der Waals surface area contributed by atoms with Gasteiger partial charge < -0.3 is 5.32 Å². The van der Waals surface area contributed by atoms with Crippen molar-refractivity contribution >= 4 is 27.9 Å². The number of hydrogen-bond donors (Lipinski definition) is 1. The lowest BCUT2D eigenvalue weighted by atomic mass is 10.1. The summed E-state index contributed by atoms with van der Waals surface area (Å²) in [6.45, 7) is 0.544. The minimum Gasteiger partial charge on any atom is -0.329 e. The Kier molecular flexibility index (Phi) is 3.24. The van der Waals surface area contributed by atoms with E-state index in [1.54, 1.807) is 0 Å². The van der Waals surface area contributed by atoms with Gasteiger partial charge in [0.2, 0.25) is 5.91 Å². The molecule has 1 heterocycles. The summed E-state index contributed by atoms with van der Waals surface area (Å²) in [5.74, 6) is -0.156. The maximum atomic E-state index is 11.3. The smallest absolute Gasteiger partial charge is 0.324 e. The molecule has 0 bridgehead atoms. The highest BCUT2D eigenvalue weighted by Crippen LogP contribution is 2.16. The predicted octanol–water partition coefficient (Wildman–Crippen LogP) is 1.54. The summed E-state index contributed by atoms with van der Waals surface area (Å²) in [4.78, 5) is 23.8. The fourth-order valence-corrected chi connectivity index (χ4v) is 2.10. The largest absolute Gasteiger partial charge is 0.329 e. The molecule has 0 saturated carbocycles. The van der Waals surface area contributed by atoms with Crippen molar-refractivity contribution in [3.63, 3.8) is 0 Å². The first-order valence-corrected chi connectivity index (χ1v) is 5.79. The molecule has 1 aliphatic rings. The minimum absolute atomic E-state index is 0.120. The molecule has 0 aliphatic carbocycles. The van der Waals surface area contributed by atoms with Crippen LogP contribution in [0.3, 0.4) is 0 Å². The predicted molar refractivity (Wildman–Crippen MR) is 63.0 cm³/mol. The van der Waals surface area contributed by atoms with Gasteiger partial charge in [-0.3, -0.25) is 9.69 Å². The van der Waals surface area contributed by atoms with Gasteiger partial charge in [-0.2, -0.15) is 0 Å². The number of nitrogens with zero attached hydrogens (tertiary/aromatic N) is 1. The van der Waals surface area contributed by atoms with E-state index >= 15 is 0 Å². The molecule has 0 spiro atoms. The monoisotopic (exact) mass is 282 g/mol. The molecule has 2 rings (SSSR count).